The molecule has 1 atom stereocenters. The van der Waals surface area contributed by atoms with E-state index in [1.165, 1.54) is 17.5 Å². The molecule has 0 bridgehead atoms. The number of hydrogen-bond donors (Lipinski definition) is 2. The van der Waals surface area contributed by atoms with Gasteiger partial charge in [-0.25, -0.2) is 4.79 Å². The summed E-state index contributed by atoms with van der Waals surface area (Å²) in [5, 5.41) is 5.95. The summed E-state index contributed by atoms with van der Waals surface area (Å²) in [4.78, 5) is 14.6. The second-order valence-corrected chi connectivity index (χ2v) is 7.13. The van der Waals surface area contributed by atoms with Crippen LogP contribution in [0.25, 0.3) is 0 Å². The standard InChI is InChI=1S/C19H29N3O2/c1-14-3-4-17(11-15(14)2)21-19(23)20-12-16-5-8-22(9-6-16)18-7-10-24-13-18/h3-4,11,16,18H,5-10,12-13H2,1-2H3,(H2,20,21,23). The fraction of sp³-hybridized carbons (Fsp3) is 0.632. The van der Waals surface area contributed by atoms with Crippen molar-refractivity contribution in [1.29, 1.82) is 0 Å². The van der Waals surface area contributed by atoms with E-state index >= 15 is 0 Å². The summed E-state index contributed by atoms with van der Waals surface area (Å²) in [5.41, 5.74) is 3.28. The van der Waals surface area contributed by atoms with E-state index in [1.807, 2.05) is 18.2 Å². The summed E-state index contributed by atoms with van der Waals surface area (Å²) < 4.78 is 5.48. The van der Waals surface area contributed by atoms with Gasteiger partial charge in [0.05, 0.1) is 6.61 Å². The number of carbonyl (C=O) groups is 1. The molecule has 24 heavy (non-hydrogen) atoms. The zero-order chi connectivity index (χ0) is 16.9. The highest BCUT2D eigenvalue weighted by Gasteiger charge is 2.27. The molecule has 0 saturated carbocycles. The maximum atomic E-state index is 12.1. The second kappa shape index (κ2) is 7.99. The highest BCUT2D eigenvalue weighted by molar-refractivity contribution is 5.89. The molecule has 1 aromatic rings. The number of ether oxygens (including phenoxy) is 1. The Labute approximate surface area is 144 Å². The van der Waals surface area contributed by atoms with E-state index in [0.717, 1.165) is 51.4 Å². The maximum Gasteiger partial charge on any atom is 0.319 e. The average Bonchev–Trinajstić information content (AvgIpc) is 3.11. The molecule has 2 aliphatic heterocycles. The number of anilines is 1. The van der Waals surface area contributed by atoms with Crippen molar-refractivity contribution >= 4 is 11.7 Å². The molecule has 1 unspecified atom stereocenters. The van der Waals surface area contributed by atoms with Gasteiger partial charge in [0, 0.05) is 24.9 Å². The molecule has 2 N–H and O–H groups in total. The van der Waals surface area contributed by atoms with Gasteiger partial charge in [-0.3, -0.25) is 4.90 Å². The lowest BCUT2D eigenvalue weighted by Gasteiger charge is -2.35. The van der Waals surface area contributed by atoms with Gasteiger partial charge in [-0.2, -0.15) is 0 Å². The van der Waals surface area contributed by atoms with Crippen molar-refractivity contribution in [1.82, 2.24) is 10.2 Å². The van der Waals surface area contributed by atoms with Crippen LogP contribution in [-0.2, 0) is 4.74 Å². The first kappa shape index (κ1) is 17.2. The molecule has 0 radical (unpaired) electrons. The summed E-state index contributed by atoms with van der Waals surface area (Å²) in [6.07, 6.45) is 3.47. The molecule has 1 aromatic carbocycles. The van der Waals surface area contributed by atoms with Gasteiger partial charge < -0.3 is 15.4 Å². The zero-order valence-corrected chi connectivity index (χ0v) is 14.8. The fourth-order valence-electron chi connectivity index (χ4n) is 3.56. The average molecular weight is 331 g/mol. The van der Waals surface area contributed by atoms with Gasteiger partial charge in [-0.15, -0.1) is 0 Å². The second-order valence-electron chi connectivity index (χ2n) is 7.13. The summed E-state index contributed by atoms with van der Waals surface area (Å²) in [6.45, 7) is 8.93. The maximum absolute atomic E-state index is 12.1. The number of rotatable bonds is 4. The summed E-state index contributed by atoms with van der Waals surface area (Å²) in [5.74, 6) is 0.578. The largest absolute Gasteiger partial charge is 0.380 e. The van der Waals surface area contributed by atoms with Gasteiger partial charge in [0.15, 0.2) is 0 Å². The minimum absolute atomic E-state index is 0.107. The van der Waals surface area contributed by atoms with E-state index in [1.54, 1.807) is 0 Å². The van der Waals surface area contributed by atoms with E-state index in [9.17, 15) is 4.79 Å². The minimum Gasteiger partial charge on any atom is -0.380 e. The van der Waals surface area contributed by atoms with E-state index in [-0.39, 0.29) is 6.03 Å². The Balaban J connectivity index is 1.38. The molecule has 0 aromatic heterocycles. The molecule has 5 nitrogen and oxygen atoms in total. The first-order valence-electron chi connectivity index (χ1n) is 9.05. The smallest absolute Gasteiger partial charge is 0.319 e. The molecule has 2 heterocycles. The van der Waals surface area contributed by atoms with Gasteiger partial charge in [-0.05, 0) is 75.4 Å². The van der Waals surface area contributed by atoms with Gasteiger partial charge in [0.2, 0.25) is 0 Å². The van der Waals surface area contributed by atoms with Crippen LogP contribution in [0.3, 0.4) is 0 Å². The zero-order valence-electron chi connectivity index (χ0n) is 14.8. The van der Waals surface area contributed by atoms with Crippen LogP contribution in [0.1, 0.15) is 30.4 Å². The Morgan fingerprint density at radius 1 is 1.21 bits per heavy atom. The first-order chi connectivity index (χ1) is 11.6. The summed E-state index contributed by atoms with van der Waals surface area (Å²) in [6, 6.07) is 6.51. The number of urea groups is 1. The lowest BCUT2D eigenvalue weighted by atomic mass is 9.95. The lowest BCUT2D eigenvalue weighted by Crippen LogP contribution is -2.44. The Kier molecular flexibility index (Phi) is 5.74. The van der Waals surface area contributed by atoms with E-state index in [4.69, 9.17) is 4.74 Å². The van der Waals surface area contributed by atoms with E-state index in [0.29, 0.717) is 12.0 Å². The van der Waals surface area contributed by atoms with Crippen LogP contribution < -0.4 is 10.6 Å². The van der Waals surface area contributed by atoms with Crippen LogP contribution in [0.4, 0.5) is 10.5 Å². The predicted molar refractivity (Wildman–Crippen MR) is 96.5 cm³/mol. The number of nitrogens with zero attached hydrogens (tertiary/aromatic N) is 1. The first-order valence-corrected chi connectivity index (χ1v) is 9.05. The SMILES string of the molecule is Cc1ccc(NC(=O)NCC2CCN(C3CCOC3)CC2)cc1C. The van der Waals surface area contributed by atoms with Crippen LogP contribution in [-0.4, -0.2) is 49.8 Å². The molecule has 0 spiro atoms. The lowest BCUT2D eigenvalue weighted by molar-refractivity contribution is 0.110. The highest BCUT2D eigenvalue weighted by atomic mass is 16.5. The molecule has 2 saturated heterocycles. The van der Waals surface area contributed by atoms with Crippen LogP contribution in [0.15, 0.2) is 18.2 Å². The topological polar surface area (TPSA) is 53.6 Å². The normalized spacial score (nSPS) is 22.5. The van der Waals surface area contributed by atoms with Crippen LogP contribution in [0.5, 0.6) is 0 Å². The Bertz CT molecular complexity index is 562. The molecule has 132 valence electrons. The number of nitrogens with one attached hydrogen (secondary N) is 2. The molecule has 2 fully saturated rings. The Hall–Kier alpha value is -1.59. The molecule has 0 aliphatic carbocycles. The van der Waals surface area contributed by atoms with Crippen LogP contribution >= 0.6 is 0 Å². The summed E-state index contributed by atoms with van der Waals surface area (Å²) >= 11 is 0. The Morgan fingerprint density at radius 3 is 2.67 bits per heavy atom. The molecule has 2 aliphatic rings. The van der Waals surface area contributed by atoms with Crippen LogP contribution in [0, 0.1) is 19.8 Å². The third-order valence-corrected chi connectivity index (χ3v) is 5.39. The molecular weight excluding hydrogens is 302 g/mol. The number of amides is 2. The number of likely N-dealkylation sites (tertiary alicyclic amines) is 1. The van der Waals surface area contributed by atoms with Crippen LogP contribution in [0.2, 0.25) is 0 Å². The van der Waals surface area contributed by atoms with Crippen molar-refractivity contribution in [2.45, 2.75) is 39.2 Å². The number of piperidine rings is 1. The van der Waals surface area contributed by atoms with E-state index < -0.39 is 0 Å². The quantitative estimate of drug-likeness (QED) is 0.892. The number of hydrogen-bond acceptors (Lipinski definition) is 3. The van der Waals surface area contributed by atoms with Crippen molar-refractivity contribution in [3.05, 3.63) is 29.3 Å². The third-order valence-electron chi connectivity index (χ3n) is 5.39. The Morgan fingerprint density at radius 2 is 2.00 bits per heavy atom. The fourth-order valence-corrected chi connectivity index (χ4v) is 3.56. The van der Waals surface area contributed by atoms with Gasteiger partial charge >= 0.3 is 6.03 Å². The van der Waals surface area contributed by atoms with Crippen molar-refractivity contribution in [2.24, 2.45) is 5.92 Å². The highest BCUT2D eigenvalue weighted by Crippen LogP contribution is 2.22. The predicted octanol–water partition coefficient (Wildman–Crippen LogP) is 2.93. The van der Waals surface area contributed by atoms with Crippen molar-refractivity contribution in [3.8, 4) is 0 Å². The number of carbonyl (C=O) groups excluding carboxylic acids is 1. The molecule has 3 rings (SSSR count). The van der Waals surface area contributed by atoms with Crippen molar-refractivity contribution in [2.75, 3.05) is 38.2 Å². The third kappa shape index (κ3) is 4.48. The van der Waals surface area contributed by atoms with Crippen molar-refractivity contribution < 1.29 is 9.53 Å². The van der Waals surface area contributed by atoms with Gasteiger partial charge in [0.25, 0.3) is 0 Å². The van der Waals surface area contributed by atoms with Gasteiger partial charge in [-0.1, -0.05) is 6.07 Å². The number of aryl methyl sites for hydroxylation is 2. The number of benzene rings is 1. The minimum atomic E-state index is -0.107. The van der Waals surface area contributed by atoms with Gasteiger partial charge in [0.1, 0.15) is 0 Å². The summed E-state index contributed by atoms with van der Waals surface area (Å²) in [7, 11) is 0. The van der Waals surface area contributed by atoms with Crippen molar-refractivity contribution in [3.63, 3.8) is 0 Å². The molecular formula is C19H29N3O2. The molecule has 5 heteroatoms. The monoisotopic (exact) mass is 331 g/mol. The van der Waals surface area contributed by atoms with E-state index in [2.05, 4.69) is 29.4 Å². The molecule has 2 amide bonds.